The van der Waals surface area contributed by atoms with Gasteiger partial charge < -0.3 is 9.47 Å². The second-order valence-electron chi connectivity index (χ2n) is 6.68. The van der Waals surface area contributed by atoms with E-state index in [1.54, 1.807) is 37.5 Å². The summed E-state index contributed by atoms with van der Waals surface area (Å²) in [6, 6.07) is 20.9. The SMILES string of the molecule is COc1cc(/C=C2/SC(=S)N(c3ccccc3)C2=O)ccc1OCc1cccc(F)c1. The first-order valence-corrected chi connectivity index (χ1v) is 10.7. The number of ether oxygens (including phenoxy) is 2. The third kappa shape index (κ3) is 4.78. The summed E-state index contributed by atoms with van der Waals surface area (Å²) in [5, 5.41) is 0. The highest BCUT2D eigenvalue weighted by molar-refractivity contribution is 8.27. The quantitative estimate of drug-likeness (QED) is 0.349. The Balaban J connectivity index is 1.53. The van der Waals surface area contributed by atoms with Crippen molar-refractivity contribution in [3.8, 4) is 11.5 Å². The molecule has 156 valence electrons. The highest BCUT2D eigenvalue weighted by Gasteiger charge is 2.33. The summed E-state index contributed by atoms with van der Waals surface area (Å²) < 4.78 is 25.1. The number of benzene rings is 3. The smallest absolute Gasteiger partial charge is 0.270 e. The van der Waals surface area contributed by atoms with E-state index in [-0.39, 0.29) is 18.3 Å². The van der Waals surface area contributed by atoms with Crippen LogP contribution in [0.4, 0.5) is 10.1 Å². The molecule has 31 heavy (non-hydrogen) atoms. The lowest BCUT2D eigenvalue weighted by molar-refractivity contribution is -0.113. The Morgan fingerprint density at radius 2 is 1.84 bits per heavy atom. The van der Waals surface area contributed by atoms with E-state index in [0.717, 1.165) is 16.8 Å². The molecule has 0 saturated carbocycles. The van der Waals surface area contributed by atoms with Gasteiger partial charge in [-0.1, -0.05) is 60.4 Å². The fourth-order valence-electron chi connectivity index (χ4n) is 3.10. The summed E-state index contributed by atoms with van der Waals surface area (Å²) in [5.41, 5.74) is 2.24. The third-order valence-electron chi connectivity index (χ3n) is 4.58. The fourth-order valence-corrected chi connectivity index (χ4v) is 4.40. The average Bonchev–Trinajstić information content (AvgIpc) is 3.06. The van der Waals surface area contributed by atoms with Crippen molar-refractivity contribution in [1.29, 1.82) is 0 Å². The summed E-state index contributed by atoms with van der Waals surface area (Å²) in [6.07, 6.45) is 1.78. The molecule has 0 radical (unpaired) electrons. The normalized spacial score (nSPS) is 14.9. The number of hydrogen-bond acceptors (Lipinski definition) is 5. The predicted octanol–water partition coefficient (Wildman–Crippen LogP) is 5.82. The molecule has 1 aliphatic heterocycles. The van der Waals surface area contributed by atoms with Crippen molar-refractivity contribution in [3.63, 3.8) is 0 Å². The van der Waals surface area contributed by atoms with Crippen molar-refractivity contribution in [1.82, 2.24) is 0 Å². The van der Waals surface area contributed by atoms with Crippen molar-refractivity contribution >= 4 is 46.0 Å². The molecule has 0 aliphatic carbocycles. The van der Waals surface area contributed by atoms with Gasteiger partial charge in [-0.25, -0.2) is 4.39 Å². The molecule has 1 aliphatic rings. The summed E-state index contributed by atoms with van der Waals surface area (Å²) in [6.45, 7) is 0.212. The molecule has 0 N–H and O–H groups in total. The lowest BCUT2D eigenvalue weighted by atomic mass is 10.1. The van der Waals surface area contributed by atoms with Crippen LogP contribution in [0.2, 0.25) is 0 Å². The van der Waals surface area contributed by atoms with Crippen molar-refractivity contribution in [2.45, 2.75) is 6.61 Å². The van der Waals surface area contributed by atoms with Crippen molar-refractivity contribution in [2.24, 2.45) is 0 Å². The second-order valence-corrected chi connectivity index (χ2v) is 8.36. The number of anilines is 1. The maximum atomic E-state index is 13.4. The van der Waals surface area contributed by atoms with Crippen LogP contribution < -0.4 is 14.4 Å². The molecule has 1 amide bonds. The number of rotatable bonds is 6. The molecular formula is C24H18FNO3S2. The first-order valence-electron chi connectivity index (χ1n) is 9.43. The van der Waals surface area contributed by atoms with E-state index in [1.807, 2.05) is 36.4 Å². The molecule has 0 atom stereocenters. The zero-order valence-corrected chi connectivity index (χ0v) is 18.2. The minimum absolute atomic E-state index is 0.161. The summed E-state index contributed by atoms with van der Waals surface area (Å²) in [7, 11) is 1.54. The summed E-state index contributed by atoms with van der Waals surface area (Å²) >= 11 is 6.67. The highest BCUT2D eigenvalue weighted by atomic mass is 32.2. The van der Waals surface area contributed by atoms with Gasteiger partial charge in [-0.15, -0.1) is 0 Å². The van der Waals surface area contributed by atoms with Crippen molar-refractivity contribution in [3.05, 3.63) is 94.6 Å². The van der Waals surface area contributed by atoms with E-state index in [4.69, 9.17) is 21.7 Å². The van der Waals surface area contributed by atoms with Gasteiger partial charge in [0.25, 0.3) is 5.91 Å². The molecule has 1 saturated heterocycles. The largest absolute Gasteiger partial charge is 0.493 e. The topological polar surface area (TPSA) is 38.8 Å². The van der Waals surface area contributed by atoms with E-state index >= 15 is 0 Å². The maximum Gasteiger partial charge on any atom is 0.270 e. The average molecular weight is 452 g/mol. The van der Waals surface area contributed by atoms with Crippen LogP contribution in [0.1, 0.15) is 11.1 Å². The molecule has 1 heterocycles. The molecule has 0 aromatic heterocycles. The lowest BCUT2D eigenvalue weighted by Crippen LogP contribution is -2.27. The van der Waals surface area contributed by atoms with Gasteiger partial charge >= 0.3 is 0 Å². The van der Waals surface area contributed by atoms with Gasteiger partial charge in [-0.3, -0.25) is 9.69 Å². The summed E-state index contributed by atoms with van der Waals surface area (Å²) in [4.78, 5) is 15.0. The van der Waals surface area contributed by atoms with E-state index in [2.05, 4.69) is 0 Å². The monoisotopic (exact) mass is 451 g/mol. The molecule has 4 nitrogen and oxygen atoms in total. The number of nitrogens with zero attached hydrogens (tertiary/aromatic N) is 1. The van der Waals surface area contributed by atoms with E-state index in [0.29, 0.717) is 20.7 Å². The van der Waals surface area contributed by atoms with Crippen LogP contribution in [0.25, 0.3) is 6.08 Å². The van der Waals surface area contributed by atoms with Crippen LogP contribution in [0.3, 0.4) is 0 Å². The van der Waals surface area contributed by atoms with E-state index in [1.165, 1.54) is 28.8 Å². The predicted molar refractivity (Wildman–Crippen MR) is 126 cm³/mol. The minimum atomic E-state index is -0.309. The second kappa shape index (κ2) is 9.32. The number of amides is 1. The van der Waals surface area contributed by atoms with Crippen LogP contribution >= 0.6 is 24.0 Å². The number of carbonyl (C=O) groups is 1. The van der Waals surface area contributed by atoms with Crippen LogP contribution in [0.5, 0.6) is 11.5 Å². The fraction of sp³-hybridized carbons (Fsp3) is 0.0833. The van der Waals surface area contributed by atoms with E-state index in [9.17, 15) is 9.18 Å². The Hall–Kier alpha value is -3.16. The van der Waals surface area contributed by atoms with Gasteiger partial charge in [-0.2, -0.15) is 0 Å². The number of thioether (sulfide) groups is 1. The van der Waals surface area contributed by atoms with Crippen molar-refractivity contribution < 1.29 is 18.7 Å². The summed E-state index contributed by atoms with van der Waals surface area (Å²) in [5.74, 6) is 0.576. The number of methoxy groups -OCH3 is 1. The van der Waals surface area contributed by atoms with Gasteiger partial charge in [0, 0.05) is 0 Å². The molecule has 1 fully saturated rings. The lowest BCUT2D eigenvalue weighted by Gasteiger charge is -2.14. The van der Waals surface area contributed by atoms with Gasteiger partial charge in [0.2, 0.25) is 0 Å². The Bertz CT molecular complexity index is 1160. The maximum absolute atomic E-state index is 13.4. The van der Waals surface area contributed by atoms with Gasteiger partial charge in [0.15, 0.2) is 15.8 Å². The van der Waals surface area contributed by atoms with Crippen LogP contribution in [0.15, 0.2) is 77.7 Å². The van der Waals surface area contributed by atoms with E-state index < -0.39 is 0 Å². The number of hydrogen-bond donors (Lipinski definition) is 0. The van der Waals surface area contributed by atoms with Crippen LogP contribution in [-0.4, -0.2) is 17.3 Å². The zero-order chi connectivity index (χ0) is 21.8. The van der Waals surface area contributed by atoms with Gasteiger partial charge in [0.05, 0.1) is 17.7 Å². The molecule has 0 unspecified atom stereocenters. The Labute approximate surface area is 189 Å². The van der Waals surface area contributed by atoms with Crippen LogP contribution in [-0.2, 0) is 11.4 Å². The first kappa shape index (κ1) is 21.1. The molecule has 3 aromatic carbocycles. The van der Waals surface area contributed by atoms with Gasteiger partial charge in [0.1, 0.15) is 12.4 Å². The number of carbonyl (C=O) groups excluding carboxylic acids is 1. The Morgan fingerprint density at radius 1 is 1.03 bits per heavy atom. The third-order valence-corrected chi connectivity index (χ3v) is 5.88. The van der Waals surface area contributed by atoms with Crippen molar-refractivity contribution in [2.75, 3.05) is 12.0 Å². The first-order chi connectivity index (χ1) is 15.0. The van der Waals surface area contributed by atoms with Gasteiger partial charge in [-0.05, 0) is 53.6 Å². The zero-order valence-electron chi connectivity index (χ0n) is 16.6. The standard InChI is InChI=1S/C24H18FNO3S2/c1-28-21-13-16(10-11-20(21)29-15-17-6-5-7-18(25)12-17)14-22-23(27)26(24(30)31-22)19-8-3-2-4-9-19/h2-14H,15H2,1H3/b22-14+. The van der Waals surface area contributed by atoms with Crippen LogP contribution in [0, 0.1) is 5.82 Å². The molecule has 0 spiro atoms. The highest BCUT2D eigenvalue weighted by Crippen LogP contribution is 2.37. The minimum Gasteiger partial charge on any atom is -0.493 e. The number of halogens is 1. The molecule has 3 aromatic rings. The number of para-hydroxylation sites is 1. The molecule has 7 heteroatoms. The molecule has 0 bridgehead atoms. The number of thiocarbonyl (C=S) groups is 1. The Kier molecular flexibility index (Phi) is 6.34. The molecule has 4 rings (SSSR count). The Morgan fingerprint density at radius 3 is 2.58 bits per heavy atom. The molecular weight excluding hydrogens is 433 g/mol.